The summed E-state index contributed by atoms with van der Waals surface area (Å²) >= 11 is 6.00. The van der Waals surface area contributed by atoms with Gasteiger partial charge in [-0.3, -0.25) is 4.79 Å². The van der Waals surface area contributed by atoms with Gasteiger partial charge in [0.05, 0.1) is 6.54 Å². The average Bonchev–Trinajstić information content (AvgIpc) is 2.59. The first-order valence-electron chi connectivity index (χ1n) is 7.89. The van der Waals surface area contributed by atoms with Crippen LogP contribution >= 0.6 is 11.6 Å². The van der Waals surface area contributed by atoms with Gasteiger partial charge in [-0.25, -0.2) is 0 Å². The van der Waals surface area contributed by atoms with Crippen molar-refractivity contribution in [3.8, 4) is 0 Å². The number of benzene rings is 3. The lowest BCUT2D eigenvalue weighted by Crippen LogP contribution is -2.30. The third-order valence-corrected chi connectivity index (χ3v) is 4.19. The van der Waals surface area contributed by atoms with E-state index in [4.69, 9.17) is 11.6 Å². The first-order chi connectivity index (χ1) is 11.6. The van der Waals surface area contributed by atoms with Crippen molar-refractivity contribution in [2.24, 2.45) is 0 Å². The van der Waals surface area contributed by atoms with Crippen LogP contribution in [0.2, 0.25) is 5.02 Å². The maximum Gasteiger partial charge on any atom is 0.238 e. The van der Waals surface area contributed by atoms with Crippen molar-refractivity contribution in [1.29, 1.82) is 0 Å². The van der Waals surface area contributed by atoms with Gasteiger partial charge in [-0.15, -0.1) is 0 Å². The molecule has 0 spiro atoms. The van der Waals surface area contributed by atoms with Gasteiger partial charge in [0, 0.05) is 16.8 Å². The predicted molar refractivity (Wildman–Crippen MR) is 100 cm³/mol. The van der Waals surface area contributed by atoms with Crippen molar-refractivity contribution >= 4 is 34.0 Å². The largest absolute Gasteiger partial charge is 0.325 e. The van der Waals surface area contributed by atoms with E-state index in [1.807, 2.05) is 67.6 Å². The molecule has 3 aromatic carbocycles. The molecule has 3 rings (SSSR count). The van der Waals surface area contributed by atoms with E-state index in [1.165, 1.54) is 0 Å². The maximum atomic E-state index is 12.2. The molecule has 0 aliphatic heterocycles. The predicted octanol–water partition coefficient (Wildman–Crippen LogP) is 4.78. The number of fused-ring (bicyclic) bond motifs is 1. The number of rotatable bonds is 5. The molecule has 122 valence electrons. The Morgan fingerprint density at radius 1 is 1.00 bits per heavy atom. The third-order valence-electron chi connectivity index (χ3n) is 3.95. The monoisotopic (exact) mass is 338 g/mol. The zero-order valence-electron chi connectivity index (χ0n) is 13.4. The second-order valence-corrected chi connectivity index (χ2v) is 6.20. The SMILES string of the molecule is C[C@@H](NCC(=O)Nc1ccc2ccccc2c1)c1cccc(Cl)c1. The van der Waals surface area contributed by atoms with Crippen LogP contribution in [0.25, 0.3) is 10.8 Å². The topological polar surface area (TPSA) is 41.1 Å². The van der Waals surface area contributed by atoms with Crippen LogP contribution in [0.15, 0.2) is 66.7 Å². The Balaban J connectivity index is 1.58. The minimum atomic E-state index is -0.0702. The van der Waals surface area contributed by atoms with Gasteiger partial charge >= 0.3 is 0 Å². The van der Waals surface area contributed by atoms with Crippen LogP contribution in [-0.4, -0.2) is 12.5 Å². The highest BCUT2D eigenvalue weighted by molar-refractivity contribution is 6.30. The molecule has 1 atom stereocenters. The molecule has 0 aliphatic rings. The number of nitrogens with one attached hydrogen (secondary N) is 2. The number of hydrogen-bond acceptors (Lipinski definition) is 2. The van der Waals surface area contributed by atoms with Gasteiger partial charge in [0.15, 0.2) is 0 Å². The summed E-state index contributed by atoms with van der Waals surface area (Å²) in [5, 5.41) is 9.10. The van der Waals surface area contributed by atoms with Crippen molar-refractivity contribution in [3.63, 3.8) is 0 Å². The van der Waals surface area contributed by atoms with Crippen molar-refractivity contribution in [1.82, 2.24) is 5.32 Å². The molecule has 0 radical (unpaired) electrons. The summed E-state index contributed by atoms with van der Waals surface area (Å²) in [5.41, 5.74) is 1.86. The number of anilines is 1. The molecule has 0 bridgehead atoms. The number of carbonyl (C=O) groups is 1. The highest BCUT2D eigenvalue weighted by Gasteiger charge is 2.08. The molecule has 3 aromatic rings. The lowest BCUT2D eigenvalue weighted by Gasteiger charge is -2.14. The summed E-state index contributed by atoms with van der Waals surface area (Å²) in [6.45, 7) is 2.25. The zero-order chi connectivity index (χ0) is 16.9. The Hall–Kier alpha value is -2.36. The lowest BCUT2D eigenvalue weighted by molar-refractivity contribution is -0.115. The first-order valence-corrected chi connectivity index (χ1v) is 8.27. The Kier molecular flexibility index (Phi) is 5.14. The van der Waals surface area contributed by atoms with Crippen LogP contribution in [0.1, 0.15) is 18.5 Å². The van der Waals surface area contributed by atoms with E-state index in [-0.39, 0.29) is 18.5 Å². The fourth-order valence-electron chi connectivity index (χ4n) is 2.61. The second kappa shape index (κ2) is 7.47. The number of amides is 1. The molecule has 2 N–H and O–H groups in total. The summed E-state index contributed by atoms with van der Waals surface area (Å²) in [5.74, 6) is -0.0702. The molecule has 0 aromatic heterocycles. The number of halogens is 1. The summed E-state index contributed by atoms with van der Waals surface area (Å²) < 4.78 is 0. The highest BCUT2D eigenvalue weighted by atomic mass is 35.5. The van der Waals surface area contributed by atoms with E-state index in [0.717, 1.165) is 22.0 Å². The molecule has 3 nitrogen and oxygen atoms in total. The van der Waals surface area contributed by atoms with E-state index in [0.29, 0.717) is 5.02 Å². The molecule has 4 heteroatoms. The average molecular weight is 339 g/mol. The van der Waals surface area contributed by atoms with Crippen molar-refractivity contribution in [2.75, 3.05) is 11.9 Å². The molecule has 0 aliphatic carbocycles. The number of hydrogen-bond donors (Lipinski definition) is 2. The quantitative estimate of drug-likeness (QED) is 0.702. The lowest BCUT2D eigenvalue weighted by atomic mass is 10.1. The second-order valence-electron chi connectivity index (χ2n) is 5.77. The molecule has 0 fully saturated rings. The minimum Gasteiger partial charge on any atom is -0.325 e. The van der Waals surface area contributed by atoms with Gasteiger partial charge in [-0.05, 0) is 47.5 Å². The van der Waals surface area contributed by atoms with E-state index in [2.05, 4.69) is 16.7 Å². The Bertz CT molecular complexity index is 863. The number of carbonyl (C=O) groups excluding carboxylic acids is 1. The van der Waals surface area contributed by atoms with E-state index < -0.39 is 0 Å². The molecule has 24 heavy (non-hydrogen) atoms. The summed E-state index contributed by atoms with van der Waals surface area (Å²) in [7, 11) is 0. The minimum absolute atomic E-state index is 0.0473. The van der Waals surface area contributed by atoms with E-state index >= 15 is 0 Å². The van der Waals surface area contributed by atoms with Gasteiger partial charge in [-0.1, -0.05) is 54.1 Å². The maximum absolute atomic E-state index is 12.2. The molecule has 1 amide bonds. The molecule has 0 heterocycles. The van der Waals surface area contributed by atoms with Crippen molar-refractivity contribution in [3.05, 3.63) is 77.3 Å². The van der Waals surface area contributed by atoms with Crippen molar-refractivity contribution < 1.29 is 4.79 Å². The van der Waals surface area contributed by atoms with E-state index in [9.17, 15) is 4.79 Å². The van der Waals surface area contributed by atoms with Crippen LogP contribution in [0.4, 0.5) is 5.69 Å². The molecular formula is C20H19ClN2O. The van der Waals surface area contributed by atoms with Gasteiger partial charge in [0.25, 0.3) is 0 Å². The smallest absolute Gasteiger partial charge is 0.238 e. The molecular weight excluding hydrogens is 320 g/mol. The van der Waals surface area contributed by atoms with Gasteiger partial charge < -0.3 is 10.6 Å². The van der Waals surface area contributed by atoms with Gasteiger partial charge in [0.1, 0.15) is 0 Å². The first kappa shape index (κ1) is 16.5. The van der Waals surface area contributed by atoms with Crippen molar-refractivity contribution in [2.45, 2.75) is 13.0 Å². The normalized spacial score (nSPS) is 12.1. The van der Waals surface area contributed by atoms with Crippen LogP contribution in [0.5, 0.6) is 0 Å². The zero-order valence-corrected chi connectivity index (χ0v) is 14.2. The van der Waals surface area contributed by atoms with Gasteiger partial charge in [0.2, 0.25) is 5.91 Å². The summed E-state index contributed by atoms with van der Waals surface area (Å²) in [6, 6.07) is 21.7. The molecule has 0 saturated carbocycles. The van der Waals surface area contributed by atoms with Crippen LogP contribution in [0, 0.1) is 0 Å². The summed E-state index contributed by atoms with van der Waals surface area (Å²) in [6.07, 6.45) is 0. The Morgan fingerprint density at radius 2 is 1.79 bits per heavy atom. The van der Waals surface area contributed by atoms with Crippen LogP contribution < -0.4 is 10.6 Å². The summed E-state index contributed by atoms with van der Waals surface area (Å²) in [4.78, 5) is 12.2. The highest BCUT2D eigenvalue weighted by Crippen LogP contribution is 2.19. The fourth-order valence-corrected chi connectivity index (χ4v) is 2.81. The van der Waals surface area contributed by atoms with Crippen LogP contribution in [-0.2, 0) is 4.79 Å². The fraction of sp³-hybridized carbons (Fsp3) is 0.150. The van der Waals surface area contributed by atoms with Gasteiger partial charge in [-0.2, -0.15) is 0 Å². The third kappa shape index (κ3) is 4.13. The van der Waals surface area contributed by atoms with E-state index in [1.54, 1.807) is 0 Å². The molecule has 0 saturated heterocycles. The Morgan fingerprint density at radius 3 is 2.58 bits per heavy atom. The Labute approximate surface area is 146 Å². The molecule has 0 unspecified atom stereocenters. The van der Waals surface area contributed by atoms with Crippen LogP contribution in [0.3, 0.4) is 0 Å². The standard InChI is InChI=1S/C20H19ClN2O/c1-14(16-7-4-8-18(21)11-16)22-13-20(24)23-19-10-9-15-5-2-3-6-17(15)12-19/h2-12,14,22H,13H2,1H3,(H,23,24)/t14-/m1/s1.